The molecule has 4 nitrogen and oxygen atoms in total. The van der Waals surface area contributed by atoms with E-state index in [0.717, 1.165) is 0 Å². The zero-order valence-electron chi connectivity index (χ0n) is 9.64. The van der Waals surface area contributed by atoms with Gasteiger partial charge < -0.3 is 9.84 Å². The summed E-state index contributed by atoms with van der Waals surface area (Å²) in [5, 5.41) is 8.98. The topological polar surface area (TPSA) is 59.4 Å². The molecule has 0 radical (unpaired) electrons. The summed E-state index contributed by atoms with van der Waals surface area (Å²) in [5.74, 6) is -1.34. The Kier molecular flexibility index (Phi) is 4.11. The number of benzene rings is 1. The summed E-state index contributed by atoms with van der Waals surface area (Å²) < 4.78 is 19.1. The lowest BCUT2D eigenvalue weighted by atomic mass is 10.2. The molecule has 0 saturated heterocycles. The highest BCUT2D eigenvalue weighted by Gasteiger charge is 2.11. The second kappa shape index (κ2) is 5.79. The fourth-order valence-corrected chi connectivity index (χ4v) is 2.04. The first kappa shape index (κ1) is 13.5. The van der Waals surface area contributed by atoms with Gasteiger partial charge in [-0.1, -0.05) is 15.9 Å². The van der Waals surface area contributed by atoms with Crippen LogP contribution in [0.1, 0.15) is 15.9 Å². The zero-order chi connectivity index (χ0) is 13.8. The Labute approximate surface area is 117 Å². The minimum absolute atomic E-state index is 0.0190. The van der Waals surface area contributed by atoms with Gasteiger partial charge in [-0.05, 0) is 29.8 Å². The van der Waals surface area contributed by atoms with Crippen molar-refractivity contribution in [3.05, 3.63) is 58.1 Å². The molecule has 0 aliphatic carbocycles. The lowest BCUT2D eigenvalue weighted by Crippen LogP contribution is -2.04. The maximum atomic E-state index is 13.2. The second-order valence-corrected chi connectivity index (χ2v) is 4.66. The standard InChI is InChI=1S/C13H9BrFNO3/c14-9-3-8(4-10(15)5-9)7-19-12-6-16-2-1-11(12)13(17)18/h1-6H,7H2,(H,17,18). The van der Waals surface area contributed by atoms with Crippen LogP contribution in [0.5, 0.6) is 5.75 Å². The lowest BCUT2D eigenvalue weighted by Gasteiger charge is -2.08. The third-order valence-electron chi connectivity index (χ3n) is 2.33. The van der Waals surface area contributed by atoms with Gasteiger partial charge in [-0.3, -0.25) is 4.98 Å². The molecule has 2 rings (SSSR count). The normalized spacial score (nSPS) is 10.2. The molecule has 2 aromatic rings. The Bertz CT molecular complexity index is 598. The Morgan fingerprint density at radius 1 is 1.42 bits per heavy atom. The molecule has 0 amide bonds. The molecule has 0 aliphatic rings. The Morgan fingerprint density at radius 3 is 2.89 bits per heavy atom. The molecule has 1 aromatic carbocycles. The molecule has 1 N–H and O–H groups in total. The highest BCUT2D eigenvalue weighted by molar-refractivity contribution is 9.10. The van der Waals surface area contributed by atoms with Gasteiger partial charge in [0.05, 0.1) is 6.20 Å². The van der Waals surface area contributed by atoms with E-state index in [0.29, 0.717) is 10.0 Å². The van der Waals surface area contributed by atoms with Crippen molar-refractivity contribution in [2.75, 3.05) is 0 Å². The summed E-state index contributed by atoms with van der Waals surface area (Å²) in [6.07, 6.45) is 2.69. The lowest BCUT2D eigenvalue weighted by molar-refractivity contribution is 0.0691. The minimum Gasteiger partial charge on any atom is -0.486 e. The number of aromatic nitrogens is 1. The quantitative estimate of drug-likeness (QED) is 0.937. The van der Waals surface area contributed by atoms with Gasteiger partial charge in [-0.25, -0.2) is 9.18 Å². The summed E-state index contributed by atoms with van der Waals surface area (Å²) in [7, 11) is 0. The van der Waals surface area contributed by atoms with Crippen LogP contribution in [0.15, 0.2) is 41.1 Å². The first-order valence-electron chi connectivity index (χ1n) is 5.31. The number of pyridine rings is 1. The van der Waals surface area contributed by atoms with Crippen LogP contribution in [0, 0.1) is 5.82 Å². The predicted octanol–water partition coefficient (Wildman–Crippen LogP) is 3.26. The van der Waals surface area contributed by atoms with Gasteiger partial charge in [0, 0.05) is 10.7 Å². The van der Waals surface area contributed by atoms with Crippen LogP contribution >= 0.6 is 15.9 Å². The van der Waals surface area contributed by atoms with Crippen LogP contribution in [0.3, 0.4) is 0 Å². The van der Waals surface area contributed by atoms with Crippen LogP contribution in [-0.2, 0) is 6.61 Å². The molecule has 0 spiro atoms. The summed E-state index contributed by atoms with van der Waals surface area (Å²) >= 11 is 3.17. The predicted molar refractivity (Wildman–Crippen MR) is 69.6 cm³/mol. The molecule has 98 valence electrons. The van der Waals surface area contributed by atoms with Crippen LogP contribution in [-0.4, -0.2) is 16.1 Å². The first-order chi connectivity index (χ1) is 9.06. The maximum absolute atomic E-state index is 13.2. The Balaban J connectivity index is 2.16. The Hall–Kier alpha value is -1.95. The molecule has 0 aliphatic heterocycles. The SMILES string of the molecule is O=C(O)c1ccncc1OCc1cc(F)cc(Br)c1. The molecule has 0 saturated carbocycles. The Morgan fingerprint density at radius 2 is 2.21 bits per heavy atom. The second-order valence-electron chi connectivity index (χ2n) is 3.74. The van der Waals surface area contributed by atoms with E-state index in [4.69, 9.17) is 9.84 Å². The van der Waals surface area contributed by atoms with E-state index < -0.39 is 11.8 Å². The molecule has 19 heavy (non-hydrogen) atoms. The number of carboxylic acid groups (broad SMARTS) is 1. The number of halogens is 2. The third kappa shape index (κ3) is 3.51. The number of nitrogens with zero attached hydrogens (tertiary/aromatic N) is 1. The van der Waals surface area contributed by atoms with E-state index in [9.17, 15) is 9.18 Å². The van der Waals surface area contributed by atoms with Crippen molar-refractivity contribution >= 4 is 21.9 Å². The van der Waals surface area contributed by atoms with Gasteiger partial charge in [-0.15, -0.1) is 0 Å². The van der Waals surface area contributed by atoms with Crippen molar-refractivity contribution < 1.29 is 19.0 Å². The number of ether oxygens (including phenoxy) is 1. The van der Waals surface area contributed by atoms with E-state index in [1.807, 2.05) is 0 Å². The van der Waals surface area contributed by atoms with Crippen molar-refractivity contribution in [3.8, 4) is 5.75 Å². The van der Waals surface area contributed by atoms with Crippen molar-refractivity contribution in [2.24, 2.45) is 0 Å². The van der Waals surface area contributed by atoms with E-state index in [-0.39, 0.29) is 17.9 Å². The number of carboxylic acids is 1. The van der Waals surface area contributed by atoms with Gasteiger partial charge in [-0.2, -0.15) is 0 Å². The van der Waals surface area contributed by atoms with Crippen molar-refractivity contribution in [1.82, 2.24) is 4.98 Å². The van der Waals surface area contributed by atoms with Gasteiger partial charge in [0.15, 0.2) is 5.75 Å². The number of aromatic carboxylic acids is 1. The number of hydrogen-bond donors (Lipinski definition) is 1. The number of rotatable bonds is 4. The molecule has 0 unspecified atom stereocenters. The van der Waals surface area contributed by atoms with Gasteiger partial charge in [0.2, 0.25) is 0 Å². The summed E-state index contributed by atoms with van der Waals surface area (Å²) in [5.41, 5.74) is 0.609. The van der Waals surface area contributed by atoms with Gasteiger partial charge in [0.1, 0.15) is 18.0 Å². The molecule has 0 fully saturated rings. The van der Waals surface area contributed by atoms with Crippen LogP contribution in [0.2, 0.25) is 0 Å². The molecule has 6 heteroatoms. The fourth-order valence-electron chi connectivity index (χ4n) is 1.53. The zero-order valence-corrected chi connectivity index (χ0v) is 11.2. The molecule has 1 heterocycles. The number of carbonyl (C=O) groups is 1. The van der Waals surface area contributed by atoms with E-state index >= 15 is 0 Å². The van der Waals surface area contributed by atoms with Crippen LogP contribution in [0.4, 0.5) is 4.39 Å². The largest absolute Gasteiger partial charge is 0.486 e. The van der Waals surface area contributed by atoms with Crippen molar-refractivity contribution in [2.45, 2.75) is 6.61 Å². The van der Waals surface area contributed by atoms with E-state index in [1.165, 1.54) is 30.6 Å². The van der Waals surface area contributed by atoms with E-state index in [2.05, 4.69) is 20.9 Å². The molecule has 0 bridgehead atoms. The van der Waals surface area contributed by atoms with E-state index in [1.54, 1.807) is 6.07 Å². The van der Waals surface area contributed by atoms with Crippen molar-refractivity contribution in [3.63, 3.8) is 0 Å². The minimum atomic E-state index is -1.10. The van der Waals surface area contributed by atoms with Crippen LogP contribution in [0.25, 0.3) is 0 Å². The molecule has 0 atom stereocenters. The highest BCUT2D eigenvalue weighted by Crippen LogP contribution is 2.20. The first-order valence-corrected chi connectivity index (χ1v) is 6.10. The summed E-state index contributed by atoms with van der Waals surface area (Å²) in [6.45, 7) is 0.0579. The monoisotopic (exact) mass is 325 g/mol. The third-order valence-corrected chi connectivity index (χ3v) is 2.79. The molecule has 1 aromatic heterocycles. The highest BCUT2D eigenvalue weighted by atomic mass is 79.9. The van der Waals surface area contributed by atoms with Gasteiger partial charge in [0.25, 0.3) is 0 Å². The van der Waals surface area contributed by atoms with Gasteiger partial charge >= 0.3 is 5.97 Å². The van der Waals surface area contributed by atoms with Crippen LogP contribution < -0.4 is 4.74 Å². The summed E-state index contributed by atoms with van der Waals surface area (Å²) in [6, 6.07) is 5.69. The average molecular weight is 326 g/mol. The fraction of sp³-hybridized carbons (Fsp3) is 0.0769. The average Bonchev–Trinajstić information content (AvgIpc) is 2.35. The molecular formula is C13H9BrFNO3. The summed E-state index contributed by atoms with van der Waals surface area (Å²) in [4.78, 5) is 14.8. The van der Waals surface area contributed by atoms with Crippen molar-refractivity contribution in [1.29, 1.82) is 0 Å². The molecular weight excluding hydrogens is 317 g/mol. The smallest absolute Gasteiger partial charge is 0.339 e. The maximum Gasteiger partial charge on any atom is 0.339 e. The number of hydrogen-bond acceptors (Lipinski definition) is 3.